The normalized spacial score (nSPS) is 20.9. The van der Waals surface area contributed by atoms with Gasteiger partial charge in [0, 0.05) is 104 Å². The second-order valence-electron chi connectivity index (χ2n) is 18.5. The molecule has 0 aliphatic carbocycles. The minimum absolute atomic E-state index is 0.0939. The maximum absolute atomic E-state index is 7.07. The van der Waals surface area contributed by atoms with E-state index in [0.29, 0.717) is 26.2 Å². The molecule has 0 aromatic rings. The Morgan fingerprint density at radius 3 is 0.694 bits per heavy atom. The van der Waals surface area contributed by atoms with Crippen LogP contribution in [0.5, 0.6) is 0 Å². The van der Waals surface area contributed by atoms with Crippen LogP contribution in [0.25, 0.3) is 0 Å². The van der Waals surface area contributed by atoms with Gasteiger partial charge >= 0.3 is 44.0 Å². The van der Waals surface area contributed by atoms with E-state index in [1.807, 2.05) is 104 Å². The van der Waals surface area contributed by atoms with Gasteiger partial charge in [0.15, 0.2) is 0 Å². The van der Waals surface area contributed by atoms with Crippen LogP contribution in [-0.2, 0) is 66.4 Å². The maximum Gasteiger partial charge on any atom is 0.511 e. The lowest BCUT2D eigenvalue weighted by Gasteiger charge is -2.78. The van der Waals surface area contributed by atoms with Crippen LogP contribution < -0.4 is 0 Å². The van der Waals surface area contributed by atoms with Crippen molar-refractivity contribution in [2.24, 2.45) is 5.92 Å². The largest absolute Gasteiger partial charge is 0.511 e. The molecule has 0 N–H and O–H groups in total. The molecule has 0 bridgehead atoms. The molecule has 522 valence electrons. The summed E-state index contributed by atoms with van der Waals surface area (Å²) in [6.45, 7) is 40.3. The van der Waals surface area contributed by atoms with Crippen LogP contribution in [0.3, 0.4) is 0 Å². The van der Waals surface area contributed by atoms with Crippen molar-refractivity contribution < 1.29 is 66.4 Å². The van der Waals surface area contributed by atoms with E-state index >= 15 is 0 Å². The lowest BCUT2D eigenvalue weighted by atomic mass is 9.96. The molecule has 0 radical (unpaired) electrons. The molecule has 8 atom stereocenters. The molecule has 85 heavy (non-hydrogen) atoms. The smallest absolute Gasteiger partial charge is 0.373 e. The van der Waals surface area contributed by atoms with Crippen LogP contribution in [0, 0.1) is 5.92 Å². The Kier molecular flexibility index (Phi) is 49.4. The molecule has 0 rings (SSSR count). The fraction of sp³-hybridized carbons (Fsp3) is 1.00. The predicted molar refractivity (Wildman–Crippen MR) is 437 cm³/mol. The maximum atomic E-state index is 7.07. The second kappa shape index (κ2) is 45.4. The Bertz CT molecular complexity index is 1620. The molecule has 15 nitrogen and oxygen atoms in total. The molecule has 0 heterocycles. The first-order valence-corrected chi connectivity index (χ1v) is 64.9. The third-order valence-electron chi connectivity index (χ3n) is 13.2. The first-order chi connectivity index (χ1) is 40.1. The van der Waals surface area contributed by atoms with Crippen molar-refractivity contribution in [1.82, 2.24) is 0 Å². The Hall–Kier alpha value is 7.48. The number of hydrogen-bond donors (Lipinski definition) is 10. The van der Waals surface area contributed by atoms with E-state index in [4.69, 9.17) is 183 Å². The first kappa shape index (κ1) is 92.5. The van der Waals surface area contributed by atoms with Gasteiger partial charge in [-0.15, -0.1) is 157 Å². The molecule has 0 aliphatic heterocycles. The fourth-order valence-corrected chi connectivity index (χ4v) is 118. The van der Waals surface area contributed by atoms with E-state index in [2.05, 4.69) is 20.8 Å². The Labute approximate surface area is 598 Å². The lowest BCUT2D eigenvalue weighted by Crippen LogP contribution is -2.69. The van der Waals surface area contributed by atoms with Crippen LogP contribution >= 0.6 is 206 Å². The number of hydrogen-bond acceptors (Lipinski definition) is 30. The van der Waals surface area contributed by atoms with Crippen molar-refractivity contribution in [3.8, 4) is 0 Å². The average Bonchev–Trinajstić information content (AvgIpc) is 0.660. The van der Waals surface area contributed by atoms with Crippen LogP contribution in [0.2, 0.25) is 0 Å². The van der Waals surface area contributed by atoms with Gasteiger partial charge in [-0.05, 0) is 179 Å². The van der Waals surface area contributed by atoms with Crippen LogP contribution in [0.1, 0.15) is 144 Å². The van der Waals surface area contributed by atoms with Crippen LogP contribution in [0.4, 0.5) is 0 Å². The predicted octanol–water partition coefficient (Wildman–Crippen LogP) is 18.2. The van der Waals surface area contributed by atoms with Crippen molar-refractivity contribution in [3.05, 3.63) is 0 Å². The SMILES string of the molecule is CCO[Si](CS(S)(SS)C(CCC(C)CC)C(C)(C(S(S)(C[Si](OCC)(OCC)OCC)SS)(S(S)(C[Si](OCC)(OCC)OCC)SS)S(S)(C[Si](OCC)(OCC)OCC)SS)S(S)(C[Si](OCC)(OCC)OCC)SS)(OCC)OCC. The molecule has 0 fully saturated rings. The molecule has 0 saturated heterocycles. The van der Waals surface area contributed by atoms with Crippen molar-refractivity contribution in [2.45, 2.75) is 157 Å². The van der Waals surface area contributed by atoms with E-state index < -0.39 is 97.9 Å². The summed E-state index contributed by atoms with van der Waals surface area (Å²) in [5, 5.41) is 0.0787. The second-order valence-corrected chi connectivity index (χ2v) is 77.4. The molecule has 40 heteroatoms. The summed E-state index contributed by atoms with van der Waals surface area (Å²) < 4.78 is 102. The lowest BCUT2D eigenvalue weighted by molar-refractivity contribution is 0.0761. The van der Waals surface area contributed by atoms with Gasteiger partial charge in [0.2, 0.25) is 0 Å². The highest BCUT2D eigenvalue weighted by molar-refractivity contribution is 9.49. The molecule has 0 spiro atoms. The highest BCUT2D eigenvalue weighted by Gasteiger charge is 2.83. The summed E-state index contributed by atoms with van der Waals surface area (Å²) in [5.74, 6) is 0.219. The quantitative estimate of drug-likeness (QED) is 0.0160. The molecule has 0 aromatic heterocycles. The van der Waals surface area contributed by atoms with Crippen molar-refractivity contribution >= 4 is 250 Å². The topological polar surface area (TPSA) is 138 Å². The summed E-state index contributed by atoms with van der Waals surface area (Å²) in [6, 6.07) is 0. The van der Waals surface area contributed by atoms with Gasteiger partial charge < -0.3 is 66.4 Å². The summed E-state index contributed by atoms with van der Waals surface area (Å²) in [5.41, 5.74) is 0. The number of rotatable bonds is 56. The highest BCUT2D eigenvalue weighted by atomic mass is 33.8. The Morgan fingerprint density at radius 1 is 0.318 bits per heavy atom. The van der Waals surface area contributed by atoms with Gasteiger partial charge in [-0.2, -0.15) is 0 Å². The third kappa shape index (κ3) is 23.5. The van der Waals surface area contributed by atoms with Gasteiger partial charge in [-0.1, -0.05) is 20.3 Å². The van der Waals surface area contributed by atoms with E-state index in [9.17, 15) is 0 Å². The third-order valence-corrected chi connectivity index (χ3v) is 101. The molecule has 8 unspecified atom stereocenters. The van der Waals surface area contributed by atoms with Crippen LogP contribution in [-0.4, -0.2) is 183 Å². The van der Waals surface area contributed by atoms with E-state index in [-0.39, 0.29) is 112 Å². The summed E-state index contributed by atoms with van der Waals surface area (Å²) >= 11 is 60.5. The van der Waals surface area contributed by atoms with Crippen molar-refractivity contribution in [3.63, 3.8) is 0 Å². The highest BCUT2D eigenvalue weighted by Crippen LogP contribution is 3.08. The summed E-state index contributed by atoms with van der Waals surface area (Å²) in [7, 11) is -28.2. The Morgan fingerprint density at radius 2 is 0.518 bits per heavy atom. The number of thiol groups is 10. The van der Waals surface area contributed by atoms with E-state index in [1.54, 1.807) is 0 Å². The van der Waals surface area contributed by atoms with Gasteiger partial charge in [0.25, 0.3) is 0 Å². The molecular formula is C45H112O15S20Si5. The molecule has 0 aromatic carbocycles. The Balaban J connectivity index is 12.3. The van der Waals surface area contributed by atoms with Gasteiger partial charge in [0.1, 0.15) is 3.41 Å². The average molecular weight is 1680 g/mol. The van der Waals surface area contributed by atoms with E-state index in [0.717, 1.165) is 12.8 Å². The minimum atomic E-state index is -3.96. The fourth-order valence-electron chi connectivity index (χ4n) is 10.3. The zero-order chi connectivity index (χ0) is 65.6. The monoisotopic (exact) mass is 1670 g/mol. The zero-order valence-electron chi connectivity index (χ0n) is 53.6. The molecular weight excluding hydrogens is 1560 g/mol. The standard InChI is InChI=1S/C45H112O15S20Si5/c1-19-42(17)35-36-43(76(66,71-61)37-81(46-20-2,47-21-3)48-22-4)44(18,77(67,72-62)38-82(49-23-5,50-24-6)51-25-7)45(78(68,73-63)39-83(52-26-8,53-27-9)54-28-10,79(69,74-64)40-84(55-29-11,56-30-12)57-31-13)80(70,75-65)41-85(58-32-14,59-33-15)60-34-16/h42-43,61-70H,19-41H2,1-18H3. The summed E-state index contributed by atoms with van der Waals surface area (Å²) in [6.07, 6.45) is 2.15. The van der Waals surface area contributed by atoms with Gasteiger partial charge in [-0.25, -0.2) is 0 Å². The molecule has 0 aliphatic rings. The van der Waals surface area contributed by atoms with Gasteiger partial charge in [-0.3, -0.25) is 0 Å². The van der Waals surface area contributed by atoms with Crippen molar-refractivity contribution in [1.29, 1.82) is 0 Å². The molecule has 0 saturated carbocycles. The summed E-state index contributed by atoms with van der Waals surface area (Å²) in [4.78, 5) is 0. The first-order valence-electron chi connectivity index (χ1n) is 29.0. The zero-order valence-corrected chi connectivity index (χ0v) is 75.7. The molecule has 0 amide bonds. The van der Waals surface area contributed by atoms with Crippen LogP contribution in [0.15, 0.2) is 0 Å². The van der Waals surface area contributed by atoms with E-state index in [1.165, 1.54) is 49.1 Å². The van der Waals surface area contributed by atoms with Crippen molar-refractivity contribution in [2.75, 3.05) is 126 Å². The van der Waals surface area contributed by atoms with Gasteiger partial charge in [0.05, 0.1) is 31.6 Å². The minimum Gasteiger partial charge on any atom is -0.373 e.